The van der Waals surface area contributed by atoms with Crippen LogP contribution < -0.4 is 0 Å². The maximum Gasteiger partial charge on any atom is 0.386 e. The van der Waals surface area contributed by atoms with Crippen LogP contribution in [0.4, 0.5) is 13.2 Å². The van der Waals surface area contributed by atoms with Gasteiger partial charge >= 0.3 is 6.18 Å². The Morgan fingerprint density at radius 3 is 0.867 bits per heavy atom. The van der Waals surface area contributed by atoms with E-state index in [1.165, 1.54) is 19.3 Å². The third-order valence-electron chi connectivity index (χ3n) is 0.707. The minimum absolute atomic E-state index is 0.188. The van der Waals surface area contributed by atoms with Gasteiger partial charge in [0.1, 0.15) is 0 Å². The number of hydrogen-bond donors (Lipinski definition) is 0. The van der Waals surface area contributed by atoms with Gasteiger partial charge in [-0.05, 0) is 5.41 Å². The highest BCUT2D eigenvalue weighted by molar-refractivity contribution is 4.47. The lowest BCUT2D eigenvalue weighted by atomic mass is 10.0. The van der Waals surface area contributed by atoms with Crippen molar-refractivity contribution in [2.24, 2.45) is 5.41 Å². The lowest BCUT2D eigenvalue weighted by Gasteiger charge is -2.05. The Kier molecular flexibility index (Phi) is 13.9. The molecule has 0 spiro atoms. The maximum atomic E-state index is 10.4. The summed E-state index contributed by atoms with van der Waals surface area (Å²) < 4.78 is 31.1. The molecule has 3 heteroatoms. The summed E-state index contributed by atoms with van der Waals surface area (Å²) in [7, 11) is 0. The molecule has 0 radical (unpaired) electrons. The van der Waals surface area contributed by atoms with Crippen LogP contribution in [0.3, 0.4) is 0 Å². The summed E-state index contributed by atoms with van der Waals surface area (Å²) >= 11 is 0. The smallest absolute Gasteiger partial charge is 0.172 e. The minimum atomic E-state index is -4.00. The summed E-state index contributed by atoms with van der Waals surface area (Å²) in [5.74, 6) is 0. The first-order chi connectivity index (χ1) is 6.41. The van der Waals surface area contributed by atoms with Crippen molar-refractivity contribution in [1.29, 1.82) is 0 Å². The largest absolute Gasteiger partial charge is 0.386 e. The molecule has 0 atom stereocenters. The summed E-state index contributed by atoms with van der Waals surface area (Å²) in [5, 5.41) is 0. The summed E-state index contributed by atoms with van der Waals surface area (Å²) in [5.41, 5.74) is 0.500. The molecule has 0 aromatic heterocycles. The summed E-state index contributed by atoms with van der Waals surface area (Å²) in [4.78, 5) is 0. The molecule has 0 rings (SSSR count). The van der Waals surface area contributed by atoms with Crippen molar-refractivity contribution >= 4 is 0 Å². The predicted octanol–water partition coefficient (Wildman–Crippen LogP) is 5.82. The zero-order valence-electron chi connectivity index (χ0n) is 11.3. The third-order valence-corrected chi connectivity index (χ3v) is 0.707. The van der Waals surface area contributed by atoms with Gasteiger partial charge in [0.05, 0.1) is 0 Å². The van der Waals surface area contributed by atoms with E-state index in [9.17, 15) is 13.2 Å². The van der Waals surface area contributed by atoms with Gasteiger partial charge in [0, 0.05) is 6.92 Å². The molecule has 0 aromatic carbocycles. The molecule has 0 aliphatic carbocycles. The van der Waals surface area contributed by atoms with Gasteiger partial charge in [-0.25, -0.2) is 0 Å². The molecule has 0 aliphatic rings. The van der Waals surface area contributed by atoms with Crippen LogP contribution in [0, 0.1) is 5.41 Å². The van der Waals surface area contributed by atoms with Crippen molar-refractivity contribution in [3.05, 3.63) is 0 Å². The number of alkyl halides is 3. The molecular weight excluding hydrogens is 201 g/mol. The molecule has 0 aliphatic heterocycles. The minimum Gasteiger partial charge on any atom is -0.172 e. The third kappa shape index (κ3) is 598. The van der Waals surface area contributed by atoms with Crippen LogP contribution in [0.25, 0.3) is 0 Å². The van der Waals surface area contributed by atoms with Crippen molar-refractivity contribution in [2.45, 2.75) is 73.9 Å². The molecule has 0 fully saturated rings. The Bertz CT molecular complexity index is 83.0. The molecule has 0 aromatic rings. The monoisotopic (exact) mass is 228 g/mol. The molecule has 0 heterocycles. The van der Waals surface area contributed by atoms with E-state index in [0.29, 0.717) is 5.41 Å². The SMILES string of the molecule is CC(C)(C)C.CC(F)(F)F.CCCCC. The van der Waals surface area contributed by atoms with E-state index in [2.05, 4.69) is 41.5 Å². The number of hydrogen-bond acceptors (Lipinski definition) is 0. The number of unbranched alkanes of at least 4 members (excludes halogenated alkanes) is 2. The van der Waals surface area contributed by atoms with Crippen molar-refractivity contribution in [1.82, 2.24) is 0 Å². The normalized spacial score (nSPS) is 10.8. The van der Waals surface area contributed by atoms with E-state index in [-0.39, 0.29) is 6.92 Å². The van der Waals surface area contributed by atoms with Crippen LogP contribution in [0.1, 0.15) is 67.7 Å². The quantitative estimate of drug-likeness (QED) is 0.559. The lowest BCUT2D eigenvalue weighted by molar-refractivity contribution is -0.110. The fraction of sp³-hybridized carbons (Fsp3) is 1.00. The van der Waals surface area contributed by atoms with Gasteiger partial charge in [0.25, 0.3) is 0 Å². The van der Waals surface area contributed by atoms with E-state index < -0.39 is 6.18 Å². The highest BCUT2D eigenvalue weighted by Gasteiger charge is 2.15. The van der Waals surface area contributed by atoms with Crippen molar-refractivity contribution in [3.63, 3.8) is 0 Å². The molecular formula is C12H27F3. The fourth-order valence-electron chi connectivity index (χ4n) is 0.354. The molecule has 15 heavy (non-hydrogen) atoms. The van der Waals surface area contributed by atoms with Crippen LogP contribution in [-0.4, -0.2) is 6.18 Å². The van der Waals surface area contributed by atoms with Crippen LogP contribution in [0.15, 0.2) is 0 Å². The number of halogens is 3. The standard InChI is InChI=1S/2C5H12.C2H3F3/c1-5(2,3)4;1-3-5-4-2;1-2(3,4)5/h1-4H3;3-5H2,1-2H3;1H3. The second-order valence-corrected chi connectivity index (χ2v) is 5.13. The first-order valence-corrected chi connectivity index (χ1v) is 5.48. The average Bonchev–Trinajstić information content (AvgIpc) is 1.80. The van der Waals surface area contributed by atoms with E-state index in [1.54, 1.807) is 0 Å². The summed E-state index contributed by atoms with van der Waals surface area (Å²) in [6, 6.07) is 0. The predicted molar refractivity (Wildman–Crippen MR) is 62.1 cm³/mol. The van der Waals surface area contributed by atoms with Crippen LogP contribution in [-0.2, 0) is 0 Å². The Hall–Kier alpha value is -0.210. The average molecular weight is 228 g/mol. The number of rotatable bonds is 2. The van der Waals surface area contributed by atoms with Gasteiger partial charge < -0.3 is 0 Å². The van der Waals surface area contributed by atoms with Gasteiger partial charge in [-0.1, -0.05) is 60.8 Å². The Morgan fingerprint density at radius 1 is 0.733 bits per heavy atom. The Balaban J connectivity index is -0.000000144. The highest BCUT2D eigenvalue weighted by Crippen LogP contribution is 2.10. The van der Waals surface area contributed by atoms with Crippen LogP contribution in [0.5, 0.6) is 0 Å². The molecule has 0 saturated carbocycles. The molecule has 0 amide bonds. The highest BCUT2D eigenvalue weighted by atomic mass is 19.4. The zero-order valence-corrected chi connectivity index (χ0v) is 11.3. The Labute approximate surface area is 93.3 Å². The van der Waals surface area contributed by atoms with Gasteiger partial charge in [-0.2, -0.15) is 13.2 Å². The van der Waals surface area contributed by atoms with E-state index in [4.69, 9.17) is 0 Å². The van der Waals surface area contributed by atoms with Gasteiger partial charge in [-0.15, -0.1) is 0 Å². The second kappa shape index (κ2) is 10.3. The van der Waals surface area contributed by atoms with Crippen LogP contribution >= 0.6 is 0 Å². The van der Waals surface area contributed by atoms with E-state index >= 15 is 0 Å². The summed E-state index contributed by atoms with van der Waals surface area (Å²) in [6.07, 6.45) is 0.0764. The molecule has 0 saturated heterocycles. The lowest BCUT2D eigenvalue weighted by Crippen LogP contribution is -1.95. The van der Waals surface area contributed by atoms with Gasteiger partial charge in [0.15, 0.2) is 0 Å². The van der Waals surface area contributed by atoms with Crippen molar-refractivity contribution < 1.29 is 13.2 Å². The molecule has 0 N–H and O–H groups in total. The summed E-state index contributed by atoms with van der Waals surface area (Å²) in [6.45, 7) is 13.4. The van der Waals surface area contributed by atoms with E-state index in [0.717, 1.165) is 0 Å². The molecule has 96 valence electrons. The first kappa shape index (κ1) is 20.2. The van der Waals surface area contributed by atoms with E-state index in [1.807, 2.05) is 0 Å². The van der Waals surface area contributed by atoms with Gasteiger partial charge in [0.2, 0.25) is 0 Å². The zero-order chi connectivity index (χ0) is 13.1. The fourth-order valence-corrected chi connectivity index (χ4v) is 0.354. The maximum absolute atomic E-state index is 10.4. The van der Waals surface area contributed by atoms with Crippen molar-refractivity contribution in [3.8, 4) is 0 Å². The molecule has 0 nitrogen and oxygen atoms in total. The Morgan fingerprint density at radius 2 is 0.867 bits per heavy atom. The topological polar surface area (TPSA) is 0 Å². The second-order valence-electron chi connectivity index (χ2n) is 5.13. The molecule has 0 unspecified atom stereocenters. The van der Waals surface area contributed by atoms with Gasteiger partial charge in [-0.3, -0.25) is 0 Å². The van der Waals surface area contributed by atoms with Crippen molar-refractivity contribution in [2.75, 3.05) is 0 Å². The first-order valence-electron chi connectivity index (χ1n) is 5.48. The van der Waals surface area contributed by atoms with Crippen LogP contribution in [0.2, 0.25) is 0 Å². The molecule has 0 bridgehead atoms.